The lowest BCUT2D eigenvalue weighted by Crippen LogP contribution is -2.52. The fourth-order valence-corrected chi connectivity index (χ4v) is 3.93. The van der Waals surface area contributed by atoms with Gasteiger partial charge in [0, 0.05) is 24.4 Å². The molecule has 0 aromatic heterocycles. The number of carbonyl (C=O) groups excluding carboxylic acids is 2. The predicted molar refractivity (Wildman–Crippen MR) is 134 cm³/mol. The molecule has 3 aromatic rings. The lowest BCUT2D eigenvalue weighted by Gasteiger charge is -2.32. The quantitative estimate of drug-likeness (QED) is 0.498. The molecule has 3 rings (SSSR count). The molecule has 0 aliphatic heterocycles. The Morgan fingerprint density at radius 3 is 1.70 bits per heavy atom. The van der Waals surface area contributed by atoms with Crippen LogP contribution in [0.15, 0.2) is 91.0 Å². The van der Waals surface area contributed by atoms with Gasteiger partial charge < -0.3 is 10.2 Å². The third-order valence-corrected chi connectivity index (χ3v) is 5.64. The van der Waals surface area contributed by atoms with E-state index in [1.807, 2.05) is 94.4 Å². The van der Waals surface area contributed by atoms with Crippen LogP contribution in [0.1, 0.15) is 56.7 Å². The summed E-state index contributed by atoms with van der Waals surface area (Å²) >= 11 is 0. The zero-order chi connectivity index (χ0) is 23.8. The van der Waals surface area contributed by atoms with Crippen LogP contribution in [-0.4, -0.2) is 28.3 Å². The number of benzene rings is 3. The maximum Gasteiger partial charge on any atom is 0.242 e. The van der Waals surface area contributed by atoms with Crippen LogP contribution in [0.2, 0.25) is 0 Å². The molecule has 1 N–H and O–H groups in total. The van der Waals surface area contributed by atoms with Crippen LogP contribution < -0.4 is 5.32 Å². The van der Waals surface area contributed by atoms with Gasteiger partial charge in [-0.1, -0.05) is 91.0 Å². The number of hydrogen-bond donors (Lipinski definition) is 1. The average Bonchev–Trinajstić information content (AvgIpc) is 2.81. The predicted octanol–water partition coefficient (Wildman–Crippen LogP) is 5.54. The van der Waals surface area contributed by atoms with Crippen LogP contribution in [0.4, 0.5) is 0 Å². The summed E-state index contributed by atoms with van der Waals surface area (Å²) in [5.41, 5.74) is 2.80. The zero-order valence-corrected chi connectivity index (χ0v) is 20.0. The highest BCUT2D eigenvalue weighted by molar-refractivity contribution is 5.88. The number of rotatable bonds is 8. The SMILES string of the molecule is C[C@@H](C(=O)NC(C)(C)C)N(Cc1ccccc1)C(=O)CC(c1ccccc1)c1ccccc1. The van der Waals surface area contributed by atoms with Gasteiger partial charge in [-0.3, -0.25) is 9.59 Å². The van der Waals surface area contributed by atoms with Gasteiger partial charge in [-0.25, -0.2) is 0 Å². The first-order valence-corrected chi connectivity index (χ1v) is 11.5. The summed E-state index contributed by atoms with van der Waals surface area (Å²) in [4.78, 5) is 28.5. The van der Waals surface area contributed by atoms with Gasteiger partial charge >= 0.3 is 0 Å². The molecule has 0 aliphatic carbocycles. The molecule has 4 nitrogen and oxygen atoms in total. The van der Waals surface area contributed by atoms with E-state index in [0.717, 1.165) is 16.7 Å². The lowest BCUT2D eigenvalue weighted by atomic mass is 9.88. The Balaban J connectivity index is 1.91. The van der Waals surface area contributed by atoms with E-state index >= 15 is 0 Å². The van der Waals surface area contributed by atoms with Gasteiger partial charge in [-0.05, 0) is 44.4 Å². The number of nitrogens with one attached hydrogen (secondary N) is 1. The topological polar surface area (TPSA) is 49.4 Å². The minimum Gasteiger partial charge on any atom is -0.350 e. The molecule has 4 heteroatoms. The molecule has 2 amide bonds. The van der Waals surface area contributed by atoms with E-state index in [1.165, 1.54) is 0 Å². The Hall–Kier alpha value is -3.40. The maximum atomic E-state index is 13.8. The van der Waals surface area contributed by atoms with Gasteiger partial charge in [0.05, 0.1) is 0 Å². The first kappa shape index (κ1) is 24.2. The molecule has 3 aromatic carbocycles. The maximum absolute atomic E-state index is 13.8. The van der Waals surface area contributed by atoms with Crippen molar-refractivity contribution in [2.75, 3.05) is 0 Å². The summed E-state index contributed by atoms with van der Waals surface area (Å²) in [7, 11) is 0. The normalized spacial score (nSPS) is 12.3. The number of amides is 2. The van der Waals surface area contributed by atoms with Crippen LogP contribution >= 0.6 is 0 Å². The van der Waals surface area contributed by atoms with E-state index in [2.05, 4.69) is 29.6 Å². The molecule has 0 saturated carbocycles. The molecule has 1 atom stereocenters. The lowest BCUT2D eigenvalue weighted by molar-refractivity contribution is -0.141. The molecule has 0 heterocycles. The molecule has 172 valence electrons. The molecule has 0 radical (unpaired) electrons. The van der Waals surface area contributed by atoms with Crippen LogP contribution in [0.25, 0.3) is 0 Å². The Morgan fingerprint density at radius 2 is 1.24 bits per heavy atom. The summed E-state index contributed by atoms with van der Waals surface area (Å²) < 4.78 is 0. The highest BCUT2D eigenvalue weighted by atomic mass is 16.2. The van der Waals surface area contributed by atoms with Gasteiger partial charge in [-0.15, -0.1) is 0 Å². The average molecular weight is 443 g/mol. The second-order valence-corrected chi connectivity index (χ2v) is 9.50. The second kappa shape index (κ2) is 11.0. The van der Waals surface area contributed by atoms with E-state index in [1.54, 1.807) is 4.90 Å². The highest BCUT2D eigenvalue weighted by Gasteiger charge is 2.30. The molecule has 0 aliphatic rings. The molecule has 0 unspecified atom stereocenters. The van der Waals surface area contributed by atoms with Crippen molar-refractivity contribution in [2.24, 2.45) is 0 Å². The minimum atomic E-state index is -0.593. The van der Waals surface area contributed by atoms with E-state index in [9.17, 15) is 9.59 Å². The summed E-state index contributed by atoms with van der Waals surface area (Å²) in [6.07, 6.45) is 0.286. The Morgan fingerprint density at radius 1 is 0.788 bits per heavy atom. The van der Waals surface area contributed by atoms with E-state index < -0.39 is 6.04 Å². The first-order chi connectivity index (χ1) is 15.7. The van der Waals surface area contributed by atoms with Crippen molar-refractivity contribution in [1.29, 1.82) is 0 Å². The summed E-state index contributed by atoms with van der Waals surface area (Å²) in [6.45, 7) is 8.03. The summed E-state index contributed by atoms with van der Waals surface area (Å²) in [5, 5.41) is 3.02. The Bertz CT molecular complexity index is 988. The Kier molecular flexibility index (Phi) is 8.05. The summed E-state index contributed by atoms with van der Waals surface area (Å²) in [5.74, 6) is -0.285. The van der Waals surface area contributed by atoms with Crippen molar-refractivity contribution >= 4 is 11.8 Å². The number of hydrogen-bond acceptors (Lipinski definition) is 2. The van der Waals surface area contributed by atoms with Crippen molar-refractivity contribution in [2.45, 2.75) is 58.2 Å². The third-order valence-electron chi connectivity index (χ3n) is 5.64. The molecule has 0 bridgehead atoms. The van der Waals surface area contributed by atoms with Crippen LogP contribution in [0.5, 0.6) is 0 Å². The van der Waals surface area contributed by atoms with Crippen molar-refractivity contribution in [3.63, 3.8) is 0 Å². The van der Waals surface area contributed by atoms with Gasteiger partial charge in [0.2, 0.25) is 11.8 Å². The van der Waals surface area contributed by atoms with Crippen LogP contribution in [0.3, 0.4) is 0 Å². The smallest absolute Gasteiger partial charge is 0.242 e. The molecule has 0 spiro atoms. The van der Waals surface area contributed by atoms with E-state index in [4.69, 9.17) is 0 Å². The fraction of sp³-hybridized carbons (Fsp3) is 0.310. The molecule has 0 fully saturated rings. The van der Waals surface area contributed by atoms with Crippen molar-refractivity contribution < 1.29 is 9.59 Å². The largest absolute Gasteiger partial charge is 0.350 e. The van der Waals surface area contributed by atoms with Gasteiger partial charge in [0.15, 0.2) is 0 Å². The zero-order valence-electron chi connectivity index (χ0n) is 20.0. The minimum absolute atomic E-state index is 0.0480. The van der Waals surface area contributed by atoms with Crippen molar-refractivity contribution in [3.8, 4) is 0 Å². The van der Waals surface area contributed by atoms with Gasteiger partial charge in [0.25, 0.3) is 0 Å². The Labute approximate surface area is 197 Å². The van der Waals surface area contributed by atoms with E-state index in [0.29, 0.717) is 6.54 Å². The van der Waals surface area contributed by atoms with Crippen LogP contribution in [-0.2, 0) is 16.1 Å². The molecule has 0 saturated heterocycles. The number of nitrogens with zero attached hydrogens (tertiary/aromatic N) is 1. The van der Waals surface area contributed by atoms with Gasteiger partial charge in [0.1, 0.15) is 6.04 Å². The number of carbonyl (C=O) groups is 2. The summed E-state index contributed by atoms with van der Waals surface area (Å²) in [6, 6.07) is 29.4. The second-order valence-electron chi connectivity index (χ2n) is 9.50. The highest BCUT2D eigenvalue weighted by Crippen LogP contribution is 2.29. The third kappa shape index (κ3) is 7.04. The molecular weight excluding hydrogens is 408 g/mol. The first-order valence-electron chi connectivity index (χ1n) is 11.5. The molecular formula is C29H34N2O2. The van der Waals surface area contributed by atoms with Crippen LogP contribution in [0, 0.1) is 0 Å². The van der Waals surface area contributed by atoms with Gasteiger partial charge in [-0.2, -0.15) is 0 Å². The van der Waals surface area contributed by atoms with Crippen molar-refractivity contribution in [3.05, 3.63) is 108 Å². The molecule has 33 heavy (non-hydrogen) atoms. The van der Waals surface area contributed by atoms with E-state index in [-0.39, 0.29) is 29.7 Å². The van der Waals surface area contributed by atoms with Crippen molar-refractivity contribution in [1.82, 2.24) is 10.2 Å². The fourth-order valence-electron chi connectivity index (χ4n) is 3.93. The standard InChI is InChI=1S/C29H34N2O2/c1-22(28(33)30-29(2,3)4)31(21-23-14-8-5-9-15-23)27(32)20-26(24-16-10-6-11-17-24)25-18-12-7-13-19-25/h5-19,22,26H,20-21H2,1-4H3,(H,30,33)/t22-/m0/s1. The monoisotopic (exact) mass is 442 g/mol.